The Morgan fingerprint density at radius 1 is 0.471 bits per heavy atom. The maximum absolute atomic E-state index is 6.63. The Hall–Kier alpha value is -6.49. The summed E-state index contributed by atoms with van der Waals surface area (Å²) >= 11 is 1.70. The van der Waals surface area contributed by atoms with Crippen molar-refractivity contribution in [3.05, 3.63) is 182 Å². The Morgan fingerprint density at radius 2 is 1.14 bits per heavy atom. The first-order chi connectivity index (χ1) is 25.3. The van der Waals surface area contributed by atoms with Gasteiger partial charge in [-0.05, 0) is 75.5 Å². The van der Waals surface area contributed by atoms with Gasteiger partial charge in [-0.1, -0.05) is 133 Å². The maximum atomic E-state index is 6.63. The molecule has 0 aliphatic carbocycles. The lowest BCUT2D eigenvalue weighted by atomic mass is 9.96. The van der Waals surface area contributed by atoms with Crippen LogP contribution in [-0.4, -0.2) is 4.98 Å². The molecule has 0 unspecified atom stereocenters. The summed E-state index contributed by atoms with van der Waals surface area (Å²) in [5.74, 6) is 0. The molecule has 4 heteroatoms. The third kappa shape index (κ3) is 5.16. The molecule has 0 fully saturated rings. The zero-order chi connectivity index (χ0) is 33.7. The standard InChI is InChI=1S/C47H30N2OS/c1-4-13-31(14-5-1)32-23-25-36(26-24-32)49(37-27-35-19-10-11-20-38(35)39(28-37)33-15-6-2-7-16-33)42-21-12-22-43-46(42)40-29-41-45(30-44(40)50-43)51-47(48-41)34-17-8-3-9-18-34/h1-30H. The van der Waals surface area contributed by atoms with Gasteiger partial charge in [0.2, 0.25) is 0 Å². The Morgan fingerprint density at radius 3 is 1.90 bits per heavy atom. The summed E-state index contributed by atoms with van der Waals surface area (Å²) in [4.78, 5) is 7.47. The summed E-state index contributed by atoms with van der Waals surface area (Å²) in [5.41, 5.74) is 11.7. The Bertz CT molecular complexity index is 2840. The van der Waals surface area contributed by atoms with Gasteiger partial charge < -0.3 is 9.32 Å². The lowest BCUT2D eigenvalue weighted by Crippen LogP contribution is -2.10. The molecule has 0 spiro atoms. The molecule has 0 saturated carbocycles. The summed E-state index contributed by atoms with van der Waals surface area (Å²) in [6, 6.07) is 64.5. The number of aromatic nitrogens is 1. The van der Waals surface area contributed by atoms with Crippen LogP contribution in [0.3, 0.4) is 0 Å². The number of furan rings is 1. The van der Waals surface area contributed by atoms with E-state index in [4.69, 9.17) is 9.40 Å². The molecule has 0 bridgehead atoms. The number of rotatable bonds is 6. The molecule has 0 atom stereocenters. The van der Waals surface area contributed by atoms with Crippen LogP contribution >= 0.6 is 11.3 Å². The van der Waals surface area contributed by atoms with Gasteiger partial charge in [-0.3, -0.25) is 0 Å². The number of thiazole rings is 1. The van der Waals surface area contributed by atoms with Crippen LogP contribution in [-0.2, 0) is 0 Å². The molecular weight excluding hydrogens is 641 g/mol. The third-order valence-corrected chi connectivity index (χ3v) is 10.7. The van der Waals surface area contributed by atoms with Crippen LogP contribution in [0, 0.1) is 0 Å². The molecule has 10 rings (SSSR count). The first-order valence-corrected chi connectivity index (χ1v) is 17.9. The first kappa shape index (κ1) is 29.4. The topological polar surface area (TPSA) is 29.3 Å². The largest absolute Gasteiger partial charge is 0.456 e. The Kier molecular flexibility index (Phi) is 7.00. The third-order valence-electron chi connectivity index (χ3n) is 9.67. The number of benzene rings is 8. The van der Waals surface area contributed by atoms with Crippen LogP contribution in [0.4, 0.5) is 17.1 Å². The maximum Gasteiger partial charge on any atom is 0.137 e. The van der Waals surface area contributed by atoms with Gasteiger partial charge in [0.1, 0.15) is 16.2 Å². The van der Waals surface area contributed by atoms with Gasteiger partial charge in [-0.2, -0.15) is 0 Å². The summed E-state index contributed by atoms with van der Waals surface area (Å²) in [5, 5.41) is 5.52. The monoisotopic (exact) mass is 670 g/mol. The minimum atomic E-state index is 0.846. The van der Waals surface area contributed by atoms with E-state index in [0.717, 1.165) is 59.8 Å². The minimum absolute atomic E-state index is 0.846. The molecular formula is C47H30N2OS. The SMILES string of the molecule is c1ccc(-c2ccc(N(c3cc(-c4ccccc4)c4ccccc4c3)c3cccc4oc5cc6sc(-c7ccccc7)nc6cc5c34)cc2)cc1. The van der Waals surface area contributed by atoms with Crippen molar-refractivity contribution in [1.29, 1.82) is 0 Å². The molecule has 51 heavy (non-hydrogen) atoms. The predicted molar refractivity (Wildman–Crippen MR) is 215 cm³/mol. The molecule has 240 valence electrons. The van der Waals surface area contributed by atoms with E-state index in [2.05, 4.69) is 181 Å². The van der Waals surface area contributed by atoms with E-state index in [1.807, 2.05) is 6.07 Å². The summed E-state index contributed by atoms with van der Waals surface area (Å²) in [6.45, 7) is 0. The van der Waals surface area contributed by atoms with Crippen molar-refractivity contribution in [1.82, 2.24) is 4.98 Å². The fourth-order valence-corrected chi connectivity index (χ4v) is 8.24. The van der Waals surface area contributed by atoms with Crippen LogP contribution in [0.15, 0.2) is 186 Å². The quantitative estimate of drug-likeness (QED) is 0.176. The highest BCUT2D eigenvalue weighted by Crippen LogP contribution is 2.46. The lowest BCUT2D eigenvalue weighted by molar-refractivity contribution is 0.669. The average molecular weight is 671 g/mol. The second kappa shape index (κ2) is 12.1. The van der Waals surface area contributed by atoms with Crippen molar-refractivity contribution < 1.29 is 4.42 Å². The second-order valence-corrected chi connectivity index (χ2v) is 13.8. The zero-order valence-electron chi connectivity index (χ0n) is 27.5. The number of fused-ring (bicyclic) bond motifs is 5. The van der Waals surface area contributed by atoms with E-state index in [1.54, 1.807) is 11.3 Å². The van der Waals surface area contributed by atoms with Gasteiger partial charge in [0.25, 0.3) is 0 Å². The number of anilines is 3. The molecule has 8 aromatic carbocycles. The van der Waals surface area contributed by atoms with E-state index in [9.17, 15) is 0 Å². The zero-order valence-corrected chi connectivity index (χ0v) is 28.3. The first-order valence-electron chi connectivity index (χ1n) is 17.1. The van der Waals surface area contributed by atoms with Crippen molar-refractivity contribution in [2.45, 2.75) is 0 Å². The predicted octanol–water partition coefficient (Wildman–Crippen LogP) is 13.8. The molecule has 0 amide bonds. The van der Waals surface area contributed by atoms with Gasteiger partial charge >= 0.3 is 0 Å². The second-order valence-electron chi connectivity index (χ2n) is 12.8. The highest BCUT2D eigenvalue weighted by molar-refractivity contribution is 7.21. The molecule has 0 saturated heterocycles. The summed E-state index contributed by atoms with van der Waals surface area (Å²) in [7, 11) is 0. The lowest BCUT2D eigenvalue weighted by Gasteiger charge is -2.27. The van der Waals surface area contributed by atoms with Gasteiger partial charge in [-0.15, -0.1) is 11.3 Å². The number of nitrogens with zero attached hydrogens (tertiary/aromatic N) is 2. The highest BCUT2D eigenvalue weighted by atomic mass is 32.1. The average Bonchev–Trinajstić information content (AvgIpc) is 3.79. The molecule has 2 heterocycles. The summed E-state index contributed by atoms with van der Waals surface area (Å²) in [6.07, 6.45) is 0. The van der Waals surface area contributed by atoms with E-state index >= 15 is 0 Å². The Labute approximate surface area is 299 Å². The van der Waals surface area contributed by atoms with E-state index in [0.29, 0.717) is 0 Å². The summed E-state index contributed by atoms with van der Waals surface area (Å²) < 4.78 is 7.74. The van der Waals surface area contributed by atoms with Crippen LogP contribution in [0.1, 0.15) is 0 Å². The molecule has 0 radical (unpaired) electrons. The van der Waals surface area contributed by atoms with Gasteiger partial charge in [0.05, 0.1) is 21.3 Å². The van der Waals surface area contributed by atoms with Crippen molar-refractivity contribution in [2.75, 3.05) is 4.90 Å². The highest BCUT2D eigenvalue weighted by Gasteiger charge is 2.22. The van der Waals surface area contributed by atoms with Crippen molar-refractivity contribution >= 4 is 71.3 Å². The van der Waals surface area contributed by atoms with Crippen LogP contribution in [0.5, 0.6) is 0 Å². The van der Waals surface area contributed by atoms with Crippen molar-refractivity contribution in [3.63, 3.8) is 0 Å². The van der Waals surface area contributed by atoms with E-state index in [1.165, 1.54) is 33.0 Å². The normalized spacial score (nSPS) is 11.5. The van der Waals surface area contributed by atoms with Crippen molar-refractivity contribution in [2.24, 2.45) is 0 Å². The van der Waals surface area contributed by atoms with Gasteiger partial charge in [0, 0.05) is 28.4 Å². The molecule has 0 aliphatic heterocycles. The van der Waals surface area contributed by atoms with Gasteiger partial charge in [-0.25, -0.2) is 4.98 Å². The Balaban J connectivity index is 1.22. The van der Waals surface area contributed by atoms with E-state index < -0.39 is 0 Å². The van der Waals surface area contributed by atoms with Crippen LogP contribution in [0.25, 0.3) is 75.8 Å². The molecule has 10 aromatic rings. The fraction of sp³-hybridized carbons (Fsp3) is 0. The van der Waals surface area contributed by atoms with Crippen LogP contribution in [0.2, 0.25) is 0 Å². The molecule has 0 aliphatic rings. The molecule has 0 N–H and O–H groups in total. The number of hydrogen-bond donors (Lipinski definition) is 0. The van der Waals surface area contributed by atoms with Gasteiger partial charge in [0.15, 0.2) is 0 Å². The fourth-order valence-electron chi connectivity index (χ4n) is 7.26. The van der Waals surface area contributed by atoms with Crippen LogP contribution < -0.4 is 4.90 Å². The smallest absolute Gasteiger partial charge is 0.137 e. The molecule has 3 nitrogen and oxygen atoms in total. The molecule has 2 aromatic heterocycles. The minimum Gasteiger partial charge on any atom is -0.456 e. The van der Waals surface area contributed by atoms with Crippen molar-refractivity contribution in [3.8, 4) is 32.8 Å². The van der Waals surface area contributed by atoms with E-state index in [-0.39, 0.29) is 0 Å². The number of hydrogen-bond acceptors (Lipinski definition) is 4.